The fourth-order valence-corrected chi connectivity index (χ4v) is 4.13. The number of amides is 2. The van der Waals surface area contributed by atoms with Gasteiger partial charge in [0.1, 0.15) is 12.1 Å². The average Bonchev–Trinajstić information content (AvgIpc) is 3.60. The van der Waals surface area contributed by atoms with Gasteiger partial charge in [0, 0.05) is 48.3 Å². The summed E-state index contributed by atoms with van der Waals surface area (Å²) in [5.41, 5.74) is 2.94. The first-order valence-corrected chi connectivity index (χ1v) is 11.3. The van der Waals surface area contributed by atoms with Crippen LogP contribution in [-0.4, -0.2) is 58.0 Å². The van der Waals surface area contributed by atoms with Crippen molar-refractivity contribution in [2.75, 3.05) is 7.11 Å². The van der Waals surface area contributed by atoms with E-state index in [1.54, 1.807) is 6.20 Å². The molecule has 11 nitrogen and oxygen atoms in total. The lowest BCUT2D eigenvalue weighted by Crippen LogP contribution is -2.51. The molecule has 2 aromatic heterocycles. The molecule has 5 N–H and O–H groups in total. The zero-order chi connectivity index (χ0) is 24.8. The normalized spacial score (nSPS) is 16.9. The summed E-state index contributed by atoms with van der Waals surface area (Å²) in [7, 11) is 1.26. The molecule has 3 unspecified atom stereocenters. The summed E-state index contributed by atoms with van der Waals surface area (Å²) in [6, 6.07) is 5.70. The first kappa shape index (κ1) is 24.0. The molecule has 1 aliphatic rings. The van der Waals surface area contributed by atoms with Gasteiger partial charge in [-0.1, -0.05) is 24.8 Å². The van der Waals surface area contributed by atoms with E-state index in [1.165, 1.54) is 13.4 Å². The van der Waals surface area contributed by atoms with E-state index < -0.39 is 24.1 Å². The lowest BCUT2D eigenvalue weighted by molar-refractivity contribution is -0.256. The molecule has 0 bridgehead atoms. The second-order valence-corrected chi connectivity index (χ2v) is 8.34. The van der Waals surface area contributed by atoms with Gasteiger partial charge >= 0.3 is 5.97 Å². The number of aromatic amines is 2. The van der Waals surface area contributed by atoms with Gasteiger partial charge in [-0.3, -0.25) is 14.5 Å². The van der Waals surface area contributed by atoms with E-state index >= 15 is 0 Å². The minimum Gasteiger partial charge on any atom is -0.374 e. The van der Waals surface area contributed by atoms with Crippen LogP contribution >= 0.6 is 0 Å². The van der Waals surface area contributed by atoms with Crippen LogP contribution < -0.4 is 16.0 Å². The number of hydrogen-bond donors (Lipinski definition) is 5. The molecule has 3 aromatic rings. The smallest absolute Gasteiger partial charge is 0.364 e. The van der Waals surface area contributed by atoms with Crippen LogP contribution in [0.2, 0.25) is 0 Å². The third-order valence-electron chi connectivity index (χ3n) is 5.93. The number of rotatable bonds is 11. The SMILES string of the molecule is C=C(NC(Cc1c[nH]c2ccccc12)C(=O)OOC)C(Cc1c[nH]cn1)NC(=O)C1CCC(=O)N1. The Hall–Kier alpha value is -4.12. The standard InChI is InChI=1S/C24H28N6O5/c1-14(20(10-16-12-25-13-27-16)30-23(32)19-7-8-22(31)29-19)28-21(24(33)35-34-2)9-15-11-26-18-6-4-3-5-17(15)18/h3-6,11-13,19-21,26,28H,1,7-10H2,2H3,(H,25,27)(H,29,31)(H,30,32). The highest BCUT2D eigenvalue weighted by Gasteiger charge is 2.31. The van der Waals surface area contributed by atoms with Crippen LogP contribution in [0.5, 0.6) is 0 Å². The monoisotopic (exact) mass is 480 g/mol. The van der Waals surface area contributed by atoms with Gasteiger partial charge in [-0.25, -0.2) is 9.78 Å². The summed E-state index contributed by atoms with van der Waals surface area (Å²) in [5.74, 6) is -1.12. The van der Waals surface area contributed by atoms with Gasteiger partial charge in [-0.2, -0.15) is 4.89 Å². The van der Waals surface area contributed by atoms with E-state index in [-0.39, 0.29) is 18.2 Å². The van der Waals surface area contributed by atoms with Crippen molar-refractivity contribution in [1.29, 1.82) is 0 Å². The first-order chi connectivity index (χ1) is 16.9. The number of hydrogen-bond acceptors (Lipinski definition) is 7. The topological polar surface area (TPSA) is 150 Å². The van der Waals surface area contributed by atoms with Gasteiger partial charge < -0.3 is 25.9 Å². The molecule has 11 heteroatoms. The second-order valence-electron chi connectivity index (χ2n) is 8.34. The zero-order valence-electron chi connectivity index (χ0n) is 19.3. The molecule has 2 amide bonds. The molecule has 3 heterocycles. The first-order valence-electron chi connectivity index (χ1n) is 11.3. The number of fused-ring (bicyclic) bond motifs is 1. The largest absolute Gasteiger partial charge is 0.374 e. The van der Waals surface area contributed by atoms with E-state index in [0.29, 0.717) is 30.7 Å². The molecule has 0 spiro atoms. The molecule has 0 saturated carbocycles. The zero-order valence-corrected chi connectivity index (χ0v) is 19.3. The molecule has 0 aliphatic carbocycles. The van der Waals surface area contributed by atoms with Gasteiger partial charge in [-0.15, -0.1) is 0 Å². The molecule has 0 radical (unpaired) electrons. The highest BCUT2D eigenvalue weighted by Crippen LogP contribution is 2.20. The van der Waals surface area contributed by atoms with Crippen LogP contribution in [0.3, 0.4) is 0 Å². The Balaban J connectivity index is 1.52. The molecule has 1 aromatic carbocycles. The van der Waals surface area contributed by atoms with Crippen molar-refractivity contribution in [3.8, 4) is 0 Å². The fourth-order valence-electron chi connectivity index (χ4n) is 4.13. The number of carbonyl (C=O) groups is 3. The fraction of sp³-hybridized carbons (Fsp3) is 0.333. The molecule has 4 rings (SSSR count). The van der Waals surface area contributed by atoms with Crippen molar-refractivity contribution in [2.24, 2.45) is 0 Å². The average molecular weight is 481 g/mol. The van der Waals surface area contributed by atoms with Crippen molar-refractivity contribution in [1.82, 2.24) is 30.9 Å². The number of nitrogens with one attached hydrogen (secondary N) is 5. The molecule has 3 atom stereocenters. The summed E-state index contributed by atoms with van der Waals surface area (Å²) in [6.07, 6.45) is 6.42. The lowest BCUT2D eigenvalue weighted by atomic mass is 10.0. The molecule has 1 saturated heterocycles. The van der Waals surface area contributed by atoms with Crippen molar-refractivity contribution in [3.63, 3.8) is 0 Å². The maximum atomic E-state index is 12.8. The molecular formula is C24H28N6O5. The number of aromatic nitrogens is 3. The third-order valence-corrected chi connectivity index (χ3v) is 5.93. The molecule has 1 aliphatic heterocycles. The summed E-state index contributed by atoms with van der Waals surface area (Å²) < 4.78 is 0. The van der Waals surface area contributed by atoms with E-state index in [9.17, 15) is 14.4 Å². The van der Waals surface area contributed by atoms with Crippen molar-refractivity contribution in [3.05, 3.63) is 66.5 Å². The summed E-state index contributed by atoms with van der Waals surface area (Å²) in [6.45, 7) is 4.10. The Labute approximate surface area is 201 Å². The molecule has 1 fully saturated rings. The summed E-state index contributed by atoms with van der Waals surface area (Å²) in [5, 5.41) is 9.68. The van der Waals surface area contributed by atoms with E-state index in [2.05, 4.69) is 42.4 Å². The predicted octanol–water partition coefficient (Wildman–Crippen LogP) is 1.02. The lowest BCUT2D eigenvalue weighted by Gasteiger charge is -2.26. The Bertz CT molecular complexity index is 1200. The number of imidazole rings is 1. The van der Waals surface area contributed by atoms with Gasteiger partial charge in [-0.05, 0) is 18.1 Å². The summed E-state index contributed by atoms with van der Waals surface area (Å²) >= 11 is 0. The van der Waals surface area contributed by atoms with Crippen LogP contribution in [0.25, 0.3) is 10.9 Å². The number of benzene rings is 1. The second kappa shape index (κ2) is 10.9. The molecule has 35 heavy (non-hydrogen) atoms. The van der Waals surface area contributed by atoms with Crippen molar-refractivity contribution < 1.29 is 24.2 Å². The number of carbonyl (C=O) groups excluding carboxylic acids is 3. The molecule has 184 valence electrons. The minimum absolute atomic E-state index is 0.160. The van der Waals surface area contributed by atoms with E-state index in [4.69, 9.17) is 4.89 Å². The van der Waals surface area contributed by atoms with Crippen LogP contribution in [-0.2, 0) is 37.0 Å². The van der Waals surface area contributed by atoms with Crippen LogP contribution in [0, 0.1) is 0 Å². The third kappa shape index (κ3) is 5.87. The van der Waals surface area contributed by atoms with E-state index in [1.807, 2.05) is 30.5 Å². The number of H-pyrrole nitrogens is 2. The van der Waals surface area contributed by atoms with Crippen molar-refractivity contribution in [2.45, 2.75) is 43.8 Å². The Morgan fingerprint density at radius 2 is 2.03 bits per heavy atom. The van der Waals surface area contributed by atoms with E-state index in [0.717, 1.165) is 16.5 Å². The van der Waals surface area contributed by atoms with Crippen LogP contribution in [0.4, 0.5) is 0 Å². The van der Waals surface area contributed by atoms with Crippen LogP contribution in [0.15, 0.2) is 55.3 Å². The quantitative estimate of drug-likeness (QED) is 0.203. The summed E-state index contributed by atoms with van der Waals surface area (Å²) in [4.78, 5) is 56.9. The Kier molecular flexibility index (Phi) is 7.46. The maximum absolute atomic E-state index is 12.8. The van der Waals surface area contributed by atoms with Gasteiger partial charge in [0.05, 0.1) is 25.2 Å². The minimum atomic E-state index is -0.841. The predicted molar refractivity (Wildman–Crippen MR) is 127 cm³/mol. The Morgan fingerprint density at radius 3 is 2.74 bits per heavy atom. The van der Waals surface area contributed by atoms with Crippen LogP contribution in [0.1, 0.15) is 24.1 Å². The maximum Gasteiger partial charge on any atom is 0.364 e. The highest BCUT2D eigenvalue weighted by molar-refractivity contribution is 5.91. The van der Waals surface area contributed by atoms with Crippen molar-refractivity contribution >= 4 is 28.7 Å². The van der Waals surface area contributed by atoms with Gasteiger partial charge in [0.2, 0.25) is 11.8 Å². The molecular weight excluding hydrogens is 452 g/mol. The van der Waals surface area contributed by atoms with Gasteiger partial charge in [0.25, 0.3) is 0 Å². The highest BCUT2D eigenvalue weighted by atomic mass is 17.2. The Morgan fingerprint density at radius 1 is 1.20 bits per heavy atom. The van der Waals surface area contributed by atoms with Gasteiger partial charge in [0.15, 0.2) is 0 Å². The number of para-hydroxylation sites is 1. The number of nitrogens with zero attached hydrogens (tertiary/aromatic N) is 1.